The minimum absolute atomic E-state index is 0.102. The first kappa shape index (κ1) is 22.4. The van der Waals surface area contributed by atoms with Crippen molar-refractivity contribution in [3.05, 3.63) is 84.3 Å². The highest BCUT2D eigenvalue weighted by Gasteiger charge is 2.28. The number of carbonyl (C=O) groups excluding carboxylic acids is 2. The zero-order valence-corrected chi connectivity index (χ0v) is 18.5. The molecule has 1 atom stereocenters. The van der Waals surface area contributed by atoms with Crippen LogP contribution in [0.5, 0.6) is 11.6 Å². The Labute approximate surface area is 192 Å². The lowest BCUT2D eigenvalue weighted by molar-refractivity contribution is -0.141. The third-order valence-corrected chi connectivity index (χ3v) is 5.40. The Morgan fingerprint density at radius 3 is 2.45 bits per heavy atom. The topological polar surface area (TPSA) is 84.9 Å². The van der Waals surface area contributed by atoms with Gasteiger partial charge in [0.05, 0.1) is 6.20 Å². The van der Waals surface area contributed by atoms with Crippen LogP contribution in [-0.2, 0) is 16.1 Å². The van der Waals surface area contributed by atoms with Gasteiger partial charge in [-0.05, 0) is 36.8 Å². The van der Waals surface area contributed by atoms with E-state index >= 15 is 0 Å². The third-order valence-electron chi connectivity index (χ3n) is 5.40. The number of esters is 1. The van der Waals surface area contributed by atoms with Crippen molar-refractivity contribution in [1.82, 2.24) is 19.8 Å². The Balaban J connectivity index is 1.32. The molecular weight excluding hydrogens is 420 g/mol. The second kappa shape index (κ2) is 10.7. The van der Waals surface area contributed by atoms with E-state index in [2.05, 4.69) is 27.0 Å². The third kappa shape index (κ3) is 5.93. The molecular formula is C25H26N4O4. The first-order chi connectivity index (χ1) is 16.1. The molecule has 33 heavy (non-hydrogen) atoms. The first-order valence-electron chi connectivity index (χ1n) is 10.9. The van der Waals surface area contributed by atoms with E-state index in [0.717, 1.165) is 19.6 Å². The number of pyridine rings is 2. The number of amides is 1. The molecule has 2 aromatic heterocycles. The molecule has 1 aliphatic rings. The standard InChI is InChI=1S/C25H26N4O4/c1-19(24(30)29-15-13-28(14-16-29)18-20-7-3-2-4-8-20)32-25(31)22-10-6-12-27-23(22)33-21-9-5-11-26-17-21/h2-12,17,19H,13-16,18H2,1H3. The van der Waals surface area contributed by atoms with Crippen LogP contribution >= 0.6 is 0 Å². The summed E-state index contributed by atoms with van der Waals surface area (Å²) in [5, 5.41) is 0. The molecule has 0 bridgehead atoms. The minimum atomic E-state index is -0.912. The Morgan fingerprint density at radius 1 is 0.970 bits per heavy atom. The number of piperazine rings is 1. The molecule has 8 nitrogen and oxygen atoms in total. The summed E-state index contributed by atoms with van der Waals surface area (Å²) in [6, 6.07) is 16.9. The molecule has 1 saturated heterocycles. The number of aromatic nitrogens is 2. The lowest BCUT2D eigenvalue weighted by atomic mass is 10.2. The van der Waals surface area contributed by atoms with Crippen LogP contribution in [-0.4, -0.2) is 63.9 Å². The maximum Gasteiger partial charge on any atom is 0.344 e. The van der Waals surface area contributed by atoms with Gasteiger partial charge in [-0.25, -0.2) is 9.78 Å². The van der Waals surface area contributed by atoms with Crippen LogP contribution < -0.4 is 4.74 Å². The van der Waals surface area contributed by atoms with Crippen LogP contribution in [0.2, 0.25) is 0 Å². The number of hydrogen-bond donors (Lipinski definition) is 0. The van der Waals surface area contributed by atoms with Crippen molar-refractivity contribution in [2.24, 2.45) is 0 Å². The van der Waals surface area contributed by atoms with Crippen molar-refractivity contribution in [1.29, 1.82) is 0 Å². The second-order valence-electron chi connectivity index (χ2n) is 7.78. The predicted molar refractivity (Wildman–Crippen MR) is 122 cm³/mol. The lowest BCUT2D eigenvalue weighted by Crippen LogP contribution is -2.51. The molecule has 8 heteroatoms. The van der Waals surface area contributed by atoms with Crippen LogP contribution in [0.15, 0.2) is 73.2 Å². The van der Waals surface area contributed by atoms with Crippen LogP contribution in [0.25, 0.3) is 0 Å². The maximum absolute atomic E-state index is 12.9. The normalized spacial score (nSPS) is 15.0. The van der Waals surface area contributed by atoms with Gasteiger partial charge in [0.1, 0.15) is 11.3 Å². The van der Waals surface area contributed by atoms with Crippen LogP contribution in [0.1, 0.15) is 22.8 Å². The fraction of sp³-hybridized carbons (Fsp3) is 0.280. The smallest absolute Gasteiger partial charge is 0.344 e. The Hall–Kier alpha value is -3.78. The van der Waals surface area contributed by atoms with Gasteiger partial charge >= 0.3 is 5.97 Å². The zero-order chi connectivity index (χ0) is 23.0. The van der Waals surface area contributed by atoms with Gasteiger partial charge in [0.25, 0.3) is 5.91 Å². The van der Waals surface area contributed by atoms with Crippen molar-refractivity contribution in [3.8, 4) is 11.6 Å². The van der Waals surface area contributed by atoms with E-state index in [1.807, 2.05) is 18.2 Å². The first-order valence-corrected chi connectivity index (χ1v) is 10.9. The molecule has 1 aromatic carbocycles. The fourth-order valence-corrected chi connectivity index (χ4v) is 3.65. The van der Waals surface area contributed by atoms with Gasteiger partial charge in [-0.2, -0.15) is 0 Å². The van der Waals surface area contributed by atoms with Crippen LogP contribution in [0.4, 0.5) is 0 Å². The van der Waals surface area contributed by atoms with Gasteiger partial charge in [-0.1, -0.05) is 30.3 Å². The Morgan fingerprint density at radius 2 is 1.73 bits per heavy atom. The van der Waals surface area contributed by atoms with E-state index in [1.165, 1.54) is 18.0 Å². The molecule has 0 aliphatic carbocycles. The number of hydrogen-bond acceptors (Lipinski definition) is 7. The summed E-state index contributed by atoms with van der Waals surface area (Å²) in [5.74, 6) is -0.320. The summed E-state index contributed by atoms with van der Waals surface area (Å²) in [7, 11) is 0. The van der Waals surface area contributed by atoms with Gasteiger partial charge in [-0.3, -0.25) is 14.7 Å². The lowest BCUT2D eigenvalue weighted by Gasteiger charge is -2.35. The van der Waals surface area contributed by atoms with E-state index in [9.17, 15) is 9.59 Å². The average Bonchev–Trinajstić information content (AvgIpc) is 2.85. The molecule has 4 rings (SSSR count). The molecule has 3 aromatic rings. The highest BCUT2D eigenvalue weighted by molar-refractivity contribution is 5.94. The number of ether oxygens (including phenoxy) is 2. The van der Waals surface area contributed by atoms with Crippen molar-refractivity contribution in [2.75, 3.05) is 26.2 Å². The molecule has 1 aliphatic heterocycles. The van der Waals surface area contributed by atoms with Crippen LogP contribution in [0.3, 0.4) is 0 Å². The summed E-state index contributed by atoms with van der Waals surface area (Å²) >= 11 is 0. The largest absolute Gasteiger partial charge is 0.449 e. The van der Waals surface area contributed by atoms with Crippen molar-refractivity contribution in [3.63, 3.8) is 0 Å². The van der Waals surface area contributed by atoms with E-state index in [4.69, 9.17) is 9.47 Å². The average molecular weight is 447 g/mol. The quantitative estimate of drug-likeness (QED) is 0.516. The zero-order valence-electron chi connectivity index (χ0n) is 18.5. The molecule has 0 spiro atoms. The summed E-state index contributed by atoms with van der Waals surface area (Å²) in [5.41, 5.74) is 1.40. The number of carbonyl (C=O) groups is 2. The molecule has 0 saturated carbocycles. The molecule has 3 heterocycles. The second-order valence-corrected chi connectivity index (χ2v) is 7.78. The summed E-state index contributed by atoms with van der Waals surface area (Å²) in [6.07, 6.45) is 3.75. The van der Waals surface area contributed by atoms with Gasteiger partial charge in [0, 0.05) is 45.1 Å². The summed E-state index contributed by atoms with van der Waals surface area (Å²) in [4.78, 5) is 37.8. The number of benzene rings is 1. The molecule has 0 radical (unpaired) electrons. The molecule has 1 fully saturated rings. The van der Waals surface area contributed by atoms with Crippen molar-refractivity contribution >= 4 is 11.9 Å². The van der Waals surface area contributed by atoms with Gasteiger partial charge in [-0.15, -0.1) is 0 Å². The van der Waals surface area contributed by atoms with Gasteiger partial charge < -0.3 is 14.4 Å². The highest BCUT2D eigenvalue weighted by Crippen LogP contribution is 2.23. The van der Waals surface area contributed by atoms with E-state index in [0.29, 0.717) is 18.8 Å². The fourth-order valence-electron chi connectivity index (χ4n) is 3.65. The molecule has 170 valence electrons. The van der Waals surface area contributed by atoms with E-state index in [1.54, 1.807) is 42.3 Å². The molecule has 1 amide bonds. The molecule has 0 N–H and O–H groups in total. The number of rotatable bonds is 7. The van der Waals surface area contributed by atoms with Gasteiger partial charge in [0.2, 0.25) is 5.88 Å². The Bertz CT molecular complexity index is 1070. The summed E-state index contributed by atoms with van der Waals surface area (Å²) in [6.45, 7) is 5.17. The van der Waals surface area contributed by atoms with E-state index in [-0.39, 0.29) is 17.4 Å². The van der Waals surface area contributed by atoms with Crippen molar-refractivity contribution < 1.29 is 19.1 Å². The van der Waals surface area contributed by atoms with E-state index < -0.39 is 12.1 Å². The van der Waals surface area contributed by atoms with Crippen LogP contribution in [0, 0.1) is 0 Å². The van der Waals surface area contributed by atoms with Crippen molar-refractivity contribution in [2.45, 2.75) is 19.6 Å². The van der Waals surface area contributed by atoms with Gasteiger partial charge in [0.15, 0.2) is 6.10 Å². The Kier molecular flexibility index (Phi) is 7.26. The predicted octanol–water partition coefficient (Wildman–Crippen LogP) is 3.16. The minimum Gasteiger partial charge on any atom is -0.449 e. The monoisotopic (exact) mass is 446 g/mol. The number of nitrogens with zero attached hydrogens (tertiary/aromatic N) is 4. The maximum atomic E-state index is 12.9. The highest BCUT2D eigenvalue weighted by atomic mass is 16.6. The summed E-state index contributed by atoms with van der Waals surface area (Å²) < 4.78 is 11.1. The SMILES string of the molecule is CC(OC(=O)c1cccnc1Oc1cccnc1)C(=O)N1CCN(Cc2ccccc2)CC1. The molecule has 1 unspecified atom stereocenters.